The van der Waals surface area contributed by atoms with Gasteiger partial charge in [0.15, 0.2) is 0 Å². The van der Waals surface area contributed by atoms with E-state index >= 15 is 0 Å². The molecular weight excluding hydrogens is 548 g/mol. The number of carbonyl (C=O) groups excluding carboxylic acids is 4. The van der Waals surface area contributed by atoms with Crippen LogP contribution >= 0.6 is 0 Å². The summed E-state index contributed by atoms with van der Waals surface area (Å²) in [7, 11) is 0. The van der Waals surface area contributed by atoms with Crippen LogP contribution in [0.15, 0.2) is 38.8 Å². The number of rotatable bonds is 21. The summed E-state index contributed by atoms with van der Waals surface area (Å²) in [6.45, 7) is 8.42. The molecule has 1 unspecified atom stereocenters. The quantitative estimate of drug-likeness (QED) is 0.118. The molecule has 0 aliphatic rings. The fourth-order valence-corrected chi connectivity index (χ4v) is 4.27. The molecule has 0 saturated heterocycles. The smallest absolute Gasteiger partial charge is 0.358 e. The summed E-state index contributed by atoms with van der Waals surface area (Å²) in [6.07, 6.45) is 13.6. The summed E-state index contributed by atoms with van der Waals surface area (Å²) in [6, 6.07) is 0. The number of nitrogens with zero attached hydrogens (tertiary/aromatic N) is 6. The van der Waals surface area contributed by atoms with Gasteiger partial charge in [0.05, 0.1) is 26.2 Å². The average molecular weight is 591 g/mol. The molecule has 0 spiro atoms. The first-order chi connectivity index (χ1) is 20.1. The SMILES string of the molecule is CC(CCN=C=O)CC(C)(C)CN=C=O.O=C=NCCCCCCn1c(=O)oc(=O)n(CCCCCCN=C=O)c1=O. The molecule has 1 atom stereocenters. The van der Waals surface area contributed by atoms with E-state index in [2.05, 4.69) is 45.2 Å². The lowest BCUT2D eigenvalue weighted by Gasteiger charge is -2.25. The number of isocyanates is 4. The molecule has 1 heterocycles. The van der Waals surface area contributed by atoms with Gasteiger partial charge in [-0.05, 0) is 49.9 Å². The van der Waals surface area contributed by atoms with Gasteiger partial charge in [0.25, 0.3) is 0 Å². The van der Waals surface area contributed by atoms with E-state index < -0.39 is 17.2 Å². The van der Waals surface area contributed by atoms with Crippen LogP contribution in [0, 0.1) is 11.3 Å². The van der Waals surface area contributed by atoms with Gasteiger partial charge in [-0.1, -0.05) is 46.5 Å². The molecular formula is C28H42N6O8. The summed E-state index contributed by atoms with van der Waals surface area (Å²) >= 11 is 0. The fourth-order valence-electron chi connectivity index (χ4n) is 4.27. The van der Waals surface area contributed by atoms with E-state index in [1.165, 1.54) is 18.2 Å². The topological polar surface area (TPSA) is 192 Å². The third-order valence-corrected chi connectivity index (χ3v) is 6.28. The monoisotopic (exact) mass is 590 g/mol. The highest BCUT2D eigenvalue weighted by Crippen LogP contribution is 2.27. The van der Waals surface area contributed by atoms with Crippen molar-refractivity contribution >= 4 is 24.3 Å². The minimum absolute atomic E-state index is 0.00171. The van der Waals surface area contributed by atoms with E-state index in [9.17, 15) is 33.6 Å². The van der Waals surface area contributed by atoms with Crippen LogP contribution in [0.2, 0.25) is 0 Å². The first-order valence-electron chi connectivity index (χ1n) is 14.1. The average Bonchev–Trinajstić information content (AvgIpc) is 2.94. The Kier molecular flexibility index (Phi) is 21.3. The van der Waals surface area contributed by atoms with Crippen LogP contribution in [0.4, 0.5) is 0 Å². The third-order valence-electron chi connectivity index (χ3n) is 6.28. The van der Waals surface area contributed by atoms with Crippen molar-refractivity contribution in [2.45, 2.75) is 98.1 Å². The van der Waals surface area contributed by atoms with E-state index in [1.54, 1.807) is 6.08 Å². The van der Waals surface area contributed by atoms with Crippen molar-refractivity contribution in [1.82, 2.24) is 9.13 Å². The Bertz CT molecular complexity index is 1220. The van der Waals surface area contributed by atoms with Gasteiger partial charge in [0.1, 0.15) is 0 Å². The lowest BCUT2D eigenvalue weighted by atomic mass is 9.82. The van der Waals surface area contributed by atoms with Gasteiger partial charge in [0.2, 0.25) is 24.3 Å². The summed E-state index contributed by atoms with van der Waals surface area (Å²) in [4.78, 5) is 89.7. The number of aliphatic imine (C=N–C) groups is 4. The standard InChI is InChI=1S/C17H24N4O6.C11H18N2O2/c22-13-18-9-5-1-3-7-11-20-15(24)21(17(26)27-16(20)25)12-8-4-2-6-10-19-14-23;1-10(4-5-12-8-14)6-11(2,3)7-13-9-15/h1-12H2;10H,4-7H2,1-3H3. The lowest BCUT2D eigenvalue weighted by molar-refractivity contribution is 0.280. The molecule has 1 rings (SSSR count). The summed E-state index contributed by atoms with van der Waals surface area (Å²) in [5, 5.41) is 0. The third kappa shape index (κ3) is 18.3. The number of aromatic nitrogens is 2. The minimum atomic E-state index is -0.946. The van der Waals surface area contributed by atoms with Crippen LogP contribution in [-0.4, -0.2) is 59.6 Å². The van der Waals surface area contributed by atoms with Gasteiger partial charge in [-0.3, -0.25) is 0 Å². The zero-order valence-electron chi connectivity index (χ0n) is 24.8. The molecule has 0 fully saturated rings. The predicted molar refractivity (Wildman–Crippen MR) is 155 cm³/mol. The van der Waals surface area contributed by atoms with E-state index in [4.69, 9.17) is 0 Å². The van der Waals surface area contributed by atoms with Crippen molar-refractivity contribution in [1.29, 1.82) is 0 Å². The van der Waals surface area contributed by atoms with Crippen LogP contribution in [0.5, 0.6) is 0 Å². The molecule has 0 aliphatic heterocycles. The van der Waals surface area contributed by atoms with Crippen molar-refractivity contribution in [2.75, 3.05) is 26.2 Å². The van der Waals surface area contributed by atoms with Gasteiger partial charge in [-0.2, -0.15) is 0 Å². The molecule has 0 bridgehead atoms. The van der Waals surface area contributed by atoms with E-state index in [-0.39, 0.29) is 18.5 Å². The second-order valence-corrected chi connectivity index (χ2v) is 10.6. The van der Waals surface area contributed by atoms with E-state index in [1.807, 2.05) is 0 Å². The van der Waals surface area contributed by atoms with Crippen molar-refractivity contribution in [2.24, 2.45) is 31.3 Å². The number of hydrogen-bond donors (Lipinski definition) is 0. The first-order valence-corrected chi connectivity index (χ1v) is 14.1. The Balaban J connectivity index is 0.000000951. The van der Waals surface area contributed by atoms with Crippen molar-refractivity contribution < 1.29 is 23.6 Å². The Morgan fingerprint density at radius 1 is 0.667 bits per heavy atom. The Morgan fingerprint density at radius 2 is 1.10 bits per heavy atom. The highest BCUT2D eigenvalue weighted by Gasteiger charge is 2.20. The zero-order valence-corrected chi connectivity index (χ0v) is 24.8. The van der Waals surface area contributed by atoms with Crippen LogP contribution in [0.3, 0.4) is 0 Å². The van der Waals surface area contributed by atoms with Gasteiger partial charge in [-0.15, -0.1) is 0 Å². The molecule has 232 valence electrons. The first kappa shape index (κ1) is 37.9. The van der Waals surface area contributed by atoms with Crippen LogP contribution < -0.4 is 17.2 Å². The van der Waals surface area contributed by atoms with Crippen LogP contribution in [0.1, 0.15) is 85.0 Å². The number of hydrogen-bond acceptors (Lipinski definition) is 12. The van der Waals surface area contributed by atoms with Gasteiger partial charge >= 0.3 is 17.2 Å². The lowest BCUT2D eigenvalue weighted by Crippen LogP contribution is -2.46. The Hall–Kier alpha value is -4.07. The molecule has 14 nitrogen and oxygen atoms in total. The normalized spacial score (nSPS) is 11.0. The predicted octanol–water partition coefficient (Wildman–Crippen LogP) is 2.86. The van der Waals surface area contributed by atoms with Gasteiger partial charge < -0.3 is 4.42 Å². The molecule has 42 heavy (non-hydrogen) atoms. The second kappa shape index (κ2) is 23.6. The molecule has 0 N–H and O–H groups in total. The molecule has 0 saturated carbocycles. The Morgan fingerprint density at radius 3 is 1.55 bits per heavy atom. The van der Waals surface area contributed by atoms with Crippen molar-refractivity contribution in [3.63, 3.8) is 0 Å². The Labute approximate surface area is 244 Å². The summed E-state index contributed by atoms with van der Waals surface area (Å²) in [5.41, 5.74) is -0.658. The molecule has 1 aromatic rings. The highest BCUT2D eigenvalue weighted by molar-refractivity contribution is 5.33. The van der Waals surface area contributed by atoms with Crippen LogP contribution in [0.25, 0.3) is 0 Å². The molecule has 0 radical (unpaired) electrons. The molecule has 1 aromatic heterocycles. The largest absolute Gasteiger partial charge is 0.427 e. The zero-order chi connectivity index (χ0) is 31.6. The maximum Gasteiger partial charge on any atom is 0.427 e. The van der Waals surface area contributed by atoms with E-state index in [0.29, 0.717) is 44.9 Å². The maximum atomic E-state index is 12.4. The maximum absolute atomic E-state index is 12.4. The van der Waals surface area contributed by atoms with Gasteiger partial charge in [0, 0.05) is 13.1 Å². The molecule has 0 amide bonds. The van der Waals surface area contributed by atoms with E-state index in [0.717, 1.165) is 60.5 Å². The molecule has 0 aliphatic carbocycles. The summed E-state index contributed by atoms with van der Waals surface area (Å²) in [5.74, 6) is -1.43. The summed E-state index contributed by atoms with van der Waals surface area (Å²) < 4.78 is 6.51. The second-order valence-electron chi connectivity index (χ2n) is 10.6. The minimum Gasteiger partial charge on any atom is -0.358 e. The van der Waals surface area contributed by atoms with Gasteiger partial charge in [-0.25, -0.2) is 62.7 Å². The number of unbranched alkanes of at least 4 members (excludes halogenated alkanes) is 6. The van der Waals surface area contributed by atoms with Crippen molar-refractivity contribution in [3.05, 3.63) is 31.6 Å². The van der Waals surface area contributed by atoms with Crippen molar-refractivity contribution in [3.8, 4) is 0 Å². The fraction of sp³-hybridized carbons (Fsp3) is 0.750. The molecule has 14 heteroatoms. The molecule has 0 aromatic carbocycles. The highest BCUT2D eigenvalue weighted by atomic mass is 16.5. The van der Waals surface area contributed by atoms with Crippen LogP contribution in [-0.2, 0) is 32.3 Å².